The molecule has 120 valence electrons. The van der Waals surface area contributed by atoms with Gasteiger partial charge in [0.15, 0.2) is 6.61 Å². The summed E-state index contributed by atoms with van der Waals surface area (Å²) < 4.78 is 11.1. The molecule has 0 heterocycles. The van der Waals surface area contributed by atoms with Gasteiger partial charge >= 0.3 is 5.97 Å². The van der Waals surface area contributed by atoms with Gasteiger partial charge in [-0.25, -0.2) is 4.79 Å². The molecule has 0 radical (unpaired) electrons. The Morgan fingerprint density at radius 3 is 2.43 bits per heavy atom. The summed E-state index contributed by atoms with van der Waals surface area (Å²) in [5, 5.41) is 2.72. The Morgan fingerprint density at radius 2 is 1.83 bits per heavy atom. The van der Waals surface area contributed by atoms with Crippen LogP contribution in [0.25, 0.3) is 0 Å². The van der Waals surface area contributed by atoms with E-state index < -0.39 is 5.97 Å². The molecule has 0 saturated heterocycles. The summed E-state index contributed by atoms with van der Waals surface area (Å²) in [6, 6.07) is 12.2. The summed E-state index contributed by atoms with van der Waals surface area (Å²) in [7, 11) is 1.55. The lowest BCUT2D eigenvalue weighted by atomic mass is 10.2. The van der Waals surface area contributed by atoms with Crippen LogP contribution < -0.4 is 10.1 Å². The molecule has 2 aromatic carbocycles. The Bertz CT molecular complexity index is 713. The summed E-state index contributed by atoms with van der Waals surface area (Å²) in [6.07, 6.45) is 0. The van der Waals surface area contributed by atoms with E-state index in [1.165, 1.54) is 0 Å². The minimum Gasteiger partial charge on any atom is -0.497 e. The van der Waals surface area contributed by atoms with E-state index in [-0.39, 0.29) is 12.5 Å². The van der Waals surface area contributed by atoms with Crippen molar-refractivity contribution in [1.29, 1.82) is 0 Å². The zero-order valence-corrected chi connectivity index (χ0v) is 14.9. The molecule has 23 heavy (non-hydrogen) atoms. The standard InChI is InChI=1S/C17H16INO4/c1-11-9-13(18)5-8-15(11)19-16(20)10-23-17(21)12-3-6-14(22-2)7-4-12/h3-9H,10H2,1-2H3,(H,19,20). The van der Waals surface area contributed by atoms with Crippen molar-refractivity contribution < 1.29 is 19.1 Å². The van der Waals surface area contributed by atoms with Crippen LogP contribution >= 0.6 is 22.6 Å². The number of carbonyl (C=O) groups excluding carboxylic acids is 2. The van der Waals surface area contributed by atoms with Crippen molar-refractivity contribution in [1.82, 2.24) is 0 Å². The smallest absolute Gasteiger partial charge is 0.338 e. The number of anilines is 1. The second-order valence-corrected chi connectivity index (χ2v) is 6.06. The Hall–Kier alpha value is -2.09. The van der Waals surface area contributed by atoms with Gasteiger partial charge < -0.3 is 14.8 Å². The third-order valence-corrected chi connectivity index (χ3v) is 3.79. The maximum absolute atomic E-state index is 11.9. The highest BCUT2D eigenvalue weighted by atomic mass is 127. The second-order valence-electron chi connectivity index (χ2n) is 4.81. The minimum atomic E-state index is -0.554. The van der Waals surface area contributed by atoms with Crippen LogP contribution in [0.2, 0.25) is 0 Å². The van der Waals surface area contributed by atoms with Crippen LogP contribution in [0, 0.1) is 10.5 Å². The maximum atomic E-state index is 11.9. The molecule has 2 rings (SSSR count). The van der Waals surface area contributed by atoms with Gasteiger partial charge in [0.25, 0.3) is 5.91 Å². The van der Waals surface area contributed by atoms with E-state index in [4.69, 9.17) is 9.47 Å². The summed E-state index contributed by atoms with van der Waals surface area (Å²) in [5.74, 6) is -0.285. The fourth-order valence-corrected chi connectivity index (χ4v) is 2.54. The highest BCUT2D eigenvalue weighted by Crippen LogP contribution is 2.17. The number of halogens is 1. The summed E-state index contributed by atoms with van der Waals surface area (Å²) in [5.41, 5.74) is 2.02. The van der Waals surface area contributed by atoms with Crippen molar-refractivity contribution in [3.63, 3.8) is 0 Å². The molecular formula is C17H16INO4. The highest BCUT2D eigenvalue weighted by Gasteiger charge is 2.11. The number of esters is 1. The van der Waals surface area contributed by atoms with Crippen molar-refractivity contribution in [3.05, 3.63) is 57.2 Å². The lowest BCUT2D eigenvalue weighted by Gasteiger charge is -2.09. The Labute approximate surface area is 148 Å². The highest BCUT2D eigenvalue weighted by molar-refractivity contribution is 14.1. The molecule has 0 atom stereocenters. The molecule has 0 spiro atoms. The number of hydrogen-bond acceptors (Lipinski definition) is 4. The molecule has 6 heteroatoms. The lowest BCUT2D eigenvalue weighted by Crippen LogP contribution is -2.21. The van der Waals surface area contributed by atoms with E-state index in [9.17, 15) is 9.59 Å². The Kier molecular flexibility index (Phi) is 5.97. The van der Waals surface area contributed by atoms with Crippen molar-refractivity contribution in [2.45, 2.75) is 6.92 Å². The predicted molar refractivity (Wildman–Crippen MR) is 95.8 cm³/mol. The number of carbonyl (C=O) groups is 2. The van der Waals surface area contributed by atoms with Crippen molar-refractivity contribution >= 4 is 40.2 Å². The minimum absolute atomic E-state index is 0.337. The molecular weight excluding hydrogens is 409 g/mol. The molecule has 1 amide bonds. The summed E-state index contributed by atoms with van der Waals surface area (Å²) in [6.45, 7) is 1.57. The molecule has 0 aliphatic carbocycles. The van der Waals surface area contributed by atoms with Crippen LogP contribution in [0.4, 0.5) is 5.69 Å². The fraction of sp³-hybridized carbons (Fsp3) is 0.176. The Morgan fingerprint density at radius 1 is 1.13 bits per heavy atom. The summed E-state index contributed by atoms with van der Waals surface area (Å²) >= 11 is 2.20. The molecule has 0 aliphatic heterocycles. The van der Waals surface area contributed by atoms with E-state index in [2.05, 4.69) is 27.9 Å². The monoisotopic (exact) mass is 425 g/mol. The molecule has 2 aromatic rings. The van der Waals surface area contributed by atoms with Gasteiger partial charge in [-0.05, 0) is 77.5 Å². The lowest BCUT2D eigenvalue weighted by molar-refractivity contribution is -0.119. The van der Waals surface area contributed by atoms with E-state index in [0.29, 0.717) is 17.0 Å². The quantitative estimate of drug-likeness (QED) is 0.589. The van der Waals surface area contributed by atoms with E-state index >= 15 is 0 Å². The first-order chi connectivity index (χ1) is 11.0. The first-order valence-corrected chi connectivity index (χ1v) is 7.94. The van der Waals surface area contributed by atoms with Gasteiger partial charge in [0.2, 0.25) is 0 Å². The van der Waals surface area contributed by atoms with Crippen LogP contribution in [0.3, 0.4) is 0 Å². The number of aryl methyl sites for hydroxylation is 1. The number of rotatable bonds is 5. The van der Waals surface area contributed by atoms with Crippen LogP contribution in [0.5, 0.6) is 5.75 Å². The number of benzene rings is 2. The van der Waals surface area contributed by atoms with E-state index in [1.807, 2.05) is 25.1 Å². The zero-order chi connectivity index (χ0) is 16.8. The SMILES string of the molecule is COc1ccc(C(=O)OCC(=O)Nc2ccc(I)cc2C)cc1. The predicted octanol–water partition coefficient (Wildman–Crippen LogP) is 3.40. The van der Waals surface area contributed by atoms with E-state index in [1.54, 1.807) is 31.4 Å². The first-order valence-electron chi connectivity index (χ1n) is 6.87. The van der Waals surface area contributed by atoms with Gasteiger partial charge in [-0.15, -0.1) is 0 Å². The molecule has 0 aliphatic rings. The van der Waals surface area contributed by atoms with E-state index in [0.717, 1.165) is 9.13 Å². The van der Waals surface area contributed by atoms with Crippen LogP contribution in [-0.4, -0.2) is 25.6 Å². The third kappa shape index (κ3) is 4.95. The molecule has 0 saturated carbocycles. The fourth-order valence-electron chi connectivity index (χ4n) is 1.90. The number of nitrogens with one attached hydrogen (secondary N) is 1. The largest absolute Gasteiger partial charge is 0.497 e. The summed E-state index contributed by atoms with van der Waals surface area (Å²) in [4.78, 5) is 23.7. The maximum Gasteiger partial charge on any atom is 0.338 e. The normalized spacial score (nSPS) is 10.0. The van der Waals surface area contributed by atoms with Crippen molar-refractivity contribution in [3.8, 4) is 5.75 Å². The van der Waals surface area contributed by atoms with Gasteiger partial charge in [0.05, 0.1) is 12.7 Å². The van der Waals surface area contributed by atoms with Gasteiger partial charge in [-0.1, -0.05) is 0 Å². The zero-order valence-electron chi connectivity index (χ0n) is 12.8. The van der Waals surface area contributed by atoms with Crippen molar-refractivity contribution in [2.75, 3.05) is 19.0 Å². The number of amides is 1. The Balaban J connectivity index is 1.89. The second kappa shape index (κ2) is 7.96. The van der Waals surface area contributed by atoms with Gasteiger partial charge in [0.1, 0.15) is 5.75 Å². The molecule has 0 bridgehead atoms. The number of methoxy groups -OCH3 is 1. The molecule has 5 nitrogen and oxygen atoms in total. The first kappa shape index (κ1) is 17.3. The average molecular weight is 425 g/mol. The third-order valence-electron chi connectivity index (χ3n) is 3.12. The van der Waals surface area contributed by atoms with Gasteiger partial charge in [0, 0.05) is 9.26 Å². The van der Waals surface area contributed by atoms with Gasteiger partial charge in [-0.3, -0.25) is 4.79 Å². The molecule has 0 unspecified atom stereocenters. The molecule has 0 fully saturated rings. The van der Waals surface area contributed by atoms with Crippen LogP contribution in [0.1, 0.15) is 15.9 Å². The van der Waals surface area contributed by atoms with Crippen LogP contribution in [0.15, 0.2) is 42.5 Å². The number of ether oxygens (including phenoxy) is 2. The van der Waals surface area contributed by atoms with Crippen LogP contribution in [-0.2, 0) is 9.53 Å². The average Bonchev–Trinajstić information content (AvgIpc) is 2.55. The topological polar surface area (TPSA) is 64.6 Å². The molecule has 1 N–H and O–H groups in total. The molecule has 0 aromatic heterocycles. The van der Waals surface area contributed by atoms with Gasteiger partial charge in [-0.2, -0.15) is 0 Å². The van der Waals surface area contributed by atoms with Crippen molar-refractivity contribution in [2.24, 2.45) is 0 Å². The number of hydrogen-bond donors (Lipinski definition) is 1.